The summed E-state index contributed by atoms with van der Waals surface area (Å²) in [5.41, 5.74) is 3.05. The van der Waals surface area contributed by atoms with Crippen LogP contribution < -0.4 is 4.80 Å². The number of sulfonamides is 1. The molecule has 7 heteroatoms. The molecule has 0 atom stereocenters. The Morgan fingerprint density at radius 1 is 0.909 bits per heavy atom. The zero-order chi connectivity index (χ0) is 23.1. The minimum Gasteiger partial charge on any atom is -0.316 e. The highest BCUT2D eigenvalue weighted by Gasteiger charge is 2.25. The lowest BCUT2D eigenvalue weighted by atomic mass is 10.1. The molecule has 1 aliphatic rings. The molecule has 3 aromatic rings. The van der Waals surface area contributed by atoms with Crippen LogP contribution in [0.5, 0.6) is 0 Å². The van der Waals surface area contributed by atoms with Crippen LogP contribution in [0.15, 0.2) is 69.9 Å². The molecule has 0 radical (unpaired) electrons. The second-order valence-corrected chi connectivity index (χ2v) is 11.3. The summed E-state index contributed by atoms with van der Waals surface area (Å²) < 4.78 is 29.9. The van der Waals surface area contributed by atoms with Crippen molar-refractivity contribution in [1.82, 2.24) is 8.87 Å². The molecule has 0 amide bonds. The summed E-state index contributed by atoms with van der Waals surface area (Å²) in [5, 5.41) is 2.13. The lowest BCUT2D eigenvalue weighted by Gasteiger charge is -2.25. The molecule has 0 aliphatic carbocycles. The lowest BCUT2D eigenvalue weighted by molar-refractivity contribution is 0.346. The van der Waals surface area contributed by atoms with Gasteiger partial charge < -0.3 is 4.57 Å². The van der Waals surface area contributed by atoms with Crippen molar-refractivity contribution in [2.24, 2.45) is 4.99 Å². The molecule has 2 aromatic carbocycles. The van der Waals surface area contributed by atoms with Crippen LogP contribution in [0.4, 0.5) is 5.69 Å². The second-order valence-electron chi connectivity index (χ2n) is 8.55. The highest BCUT2D eigenvalue weighted by molar-refractivity contribution is 7.89. The van der Waals surface area contributed by atoms with Gasteiger partial charge in [0.15, 0.2) is 4.80 Å². The zero-order valence-electron chi connectivity index (χ0n) is 19.3. The molecule has 2 heterocycles. The van der Waals surface area contributed by atoms with E-state index in [1.807, 2.05) is 42.5 Å². The van der Waals surface area contributed by atoms with Gasteiger partial charge in [-0.15, -0.1) is 11.3 Å². The molecule has 33 heavy (non-hydrogen) atoms. The van der Waals surface area contributed by atoms with Crippen LogP contribution in [-0.2, 0) is 16.6 Å². The quantitative estimate of drug-likeness (QED) is 0.340. The first kappa shape index (κ1) is 23.9. The molecule has 1 aromatic heterocycles. The molecule has 1 saturated heterocycles. The van der Waals surface area contributed by atoms with E-state index < -0.39 is 10.0 Å². The number of rotatable bonds is 9. The van der Waals surface area contributed by atoms with Crippen LogP contribution >= 0.6 is 11.3 Å². The third-order valence-corrected chi connectivity index (χ3v) is 8.89. The smallest absolute Gasteiger partial charge is 0.243 e. The minimum atomic E-state index is -3.42. The Morgan fingerprint density at radius 3 is 2.33 bits per heavy atom. The predicted molar refractivity (Wildman–Crippen MR) is 136 cm³/mol. The number of unbranched alkanes of at least 4 members (excludes halogenated alkanes) is 3. The molecular formula is C26H33N3O2S2. The highest BCUT2D eigenvalue weighted by Crippen LogP contribution is 2.26. The number of piperidine rings is 1. The lowest BCUT2D eigenvalue weighted by Crippen LogP contribution is -2.35. The maximum atomic E-state index is 13.0. The normalized spacial score (nSPS) is 15.7. The first-order valence-corrected chi connectivity index (χ1v) is 14.3. The molecule has 0 N–H and O–H groups in total. The Bertz CT molecular complexity index is 1190. The summed E-state index contributed by atoms with van der Waals surface area (Å²) in [5.74, 6) is 0. The van der Waals surface area contributed by atoms with Crippen molar-refractivity contribution >= 4 is 27.0 Å². The third-order valence-electron chi connectivity index (χ3n) is 6.12. The van der Waals surface area contributed by atoms with Gasteiger partial charge in [0.1, 0.15) is 0 Å². The van der Waals surface area contributed by atoms with Gasteiger partial charge in [-0.25, -0.2) is 13.4 Å². The van der Waals surface area contributed by atoms with Crippen molar-refractivity contribution < 1.29 is 8.42 Å². The summed E-state index contributed by atoms with van der Waals surface area (Å²) in [6.45, 7) is 4.37. The second kappa shape index (κ2) is 11.3. The molecule has 0 unspecified atom stereocenters. The molecule has 0 saturated carbocycles. The molecular weight excluding hydrogens is 450 g/mol. The van der Waals surface area contributed by atoms with Gasteiger partial charge in [0.05, 0.1) is 16.3 Å². The van der Waals surface area contributed by atoms with Crippen LogP contribution in [0, 0.1) is 0 Å². The van der Waals surface area contributed by atoms with Gasteiger partial charge in [0.2, 0.25) is 10.0 Å². The monoisotopic (exact) mass is 483 g/mol. The van der Waals surface area contributed by atoms with Gasteiger partial charge >= 0.3 is 0 Å². The summed E-state index contributed by atoms with van der Waals surface area (Å²) in [6.07, 6.45) is 7.72. The molecule has 0 bridgehead atoms. The fourth-order valence-corrected chi connectivity index (χ4v) is 6.70. The summed E-state index contributed by atoms with van der Waals surface area (Å²) in [7, 11) is -3.42. The van der Waals surface area contributed by atoms with Crippen molar-refractivity contribution in [2.45, 2.75) is 63.3 Å². The van der Waals surface area contributed by atoms with Crippen molar-refractivity contribution in [1.29, 1.82) is 0 Å². The standard InChI is InChI=1S/C26H33N3O2S2/c1-2-3-4-11-20-29-25(21-32-26(29)27-23-12-7-5-8-13-23)22-14-16-24(17-15-22)33(30,31)28-18-9-6-10-19-28/h5,7-8,12-17,21H,2-4,6,9-11,18-20H2,1H3. The zero-order valence-corrected chi connectivity index (χ0v) is 21.0. The van der Waals surface area contributed by atoms with E-state index in [-0.39, 0.29) is 0 Å². The first-order valence-electron chi connectivity index (χ1n) is 12.0. The van der Waals surface area contributed by atoms with E-state index in [4.69, 9.17) is 4.99 Å². The Morgan fingerprint density at radius 2 is 1.64 bits per heavy atom. The van der Waals surface area contributed by atoms with E-state index in [9.17, 15) is 8.42 Å². The summed E-state index contributed by atoms with van der Waals surface area (Å²) in [6, 6.07) is 17.4. The topological polar surface area (TPSA) is 54.7 Å². The van der Waals surface area contributed by atoms with Gasteiger partial charge in [-0.1, -0.05) is 62.9 Å². The molecule has 1 aliphatic heterocycles. The van der Waals surface area contributed by atoms with Gasteiger partial charge in [-0.05, 0) is 49.1 Å². The number of benzene rings is 2. The van der Waals surface area contributed by atoms with Crippen LogP contribution in [0.25, 0.3) is 11.3 Å². The SMILES string of the molecule is CCCCCCn1c(-c2ccc(S(=O)(=O)N3CCCCC3)cc2)csc1=Nc1ccccc1. The Kier molecular flexibility index (Phi) is 8.17. The van der Waals surface area contributed by atoms with Crippen molar-refractivity contribution in [3.05, 3.63) is 64.8 Å². The number of hydrogen-bond donors (Lipinski definition) is 0. The molecule has 176 valence electrons. The van der Waals surface area contributed by atoms with E-state index in [2.05, 4.69) is 16.9 Å². The number of nitrogens with zero attached hydrogens (tertiary/aromatic N) is 3. The van der Waals surface area contributed by atoms with E-state index >= 15 is 0 Å². The van der Waals surface area contributed by atoms with Gasteiger partial charge in [0, 0.05) is 25.0 Å². The number of hydrogen-bond acceptors (Lipinski definition) is 4. The minimum absolute atomic E-state index is 0.382. The first-order chi connectivity index (χ1) is 16.1. The predicted octanol–water partition coefficient (Wildman–Crippen LogP) is 6.20. The van der Waals surface area contributed by atoms with Gasteiger partial charge in [-0.3, -0.25) is 0 Å². The molecule has 0 spiro atoms. The van der Waals surface area contributed by atoms with Crippen molar-refractivity contribution in [3.63, 3.8) is 0 Å². The van der Waals surface area contributed by atoms with E-state index in [0.29, 0.717) is 18.0 Å². The maximum absolute atomic E-state index is 13.0. The highest BCUT2D eigenvalue weighted by atomic mass is 32.2. The maximum Gasteiger partial charge on any atom is 0.243 e. The Hall–Kier alpha value is -2.22. The number of aromatic nitrogens is 1. The largest absolute Gasteiger partial charge is 0.316 e. The Labute approximate surface area is 201 Å². The van der Waals surface area contributed by atoms with Crippen LogP contribution in [0.3, 0.4) is 0 Å². The van der Waals surface area contributed by atoms with E-state index in [0.717, 1.165) is 54.0 Å². The average molecular weight is 484 g/mol. The summed E-state index contributed by atoms with van der Waals surface area (Å²) in [4.78, 5) is 6.23. The van der Waals surface area contributed by atoms with Crippen LogP contribution in [0.1, 0.15) is 51.9 Å². The van der Waals surface area contributed by atoms with Crippen molar-refractivity contribution in [3.8, 4) is 11.3 Å². The number of thiazole rings is 1. The van der Waals surface area contributed by atoms with Crippen LogP contribution in [0.2, 0.25) is 0 Å². The summed E-state index contributed by atoms with van der Waals surface area (Å²) >= 11 is 1.63. The fourth-order valence-electron chi connectivity index (χ4n) is 4.23. The fraction of sp³-hybridized carbons (Fsp3) is 0.423. The van der Waals surface area contributed by atoms with Crippen LogP contribution in [-0.4, -0.2) is 30.4 Å². The van der Waals surface area contributed by atoms with E-state index in [1.54, 1.807) is 27.8 Å². The average Bonchev–Trinajstić information content (AvgIpc) is 3.25. The van der Waals surface area contributed by atoms with E-state index in [1.165, 1.54) is 19.3 Å². The van der Waals surface area contributed by atoms with Crippen molar-refractivity contribution in [2.75, 3.05) is 13.1 Å². The van der Waals surface area contributed by atoms with Gasteiger partial charge in [-0.2, -0.15) is 4.31 Å². The third kappa shape index (κ3) is 5.83. The molecule has 1 fully saturated rings. The Balaban J connectivity index is 1.64. The number of para-hydroxylation sites is 1. The van der Waals surface area contributed by atoms with Gasteiger partial charge in [0.25, 0.3) is 0 Å². The molecule has 4 rings (SSSR count). The molecule has 5 nitrogen and oxygen atoms in total.